The molecule has 0 fully saturated rings. The Kier molecular flexibility index (Phi) is 9.79. The Balaban J connectivity index is 1.83. The molecule has 2 aromatic rings. The highest BCUT2D eigenvalue weighted by Crippen LogP contribution is 2.15. The lowest BCUT2D eigenvalue weighted by atomic mass is 9.99. The van der Waals surface area contributed by atoms with Gasteiger partial charge in [0.05, 0.1) is 13.0 Å². The van der Waals surface area contributed by atoms with E-state index >= 15 is 0 Å². The number of carbonyl (C=O) groups is 4. The molecule has 0 atom stereocenters. The fraction of sp³-hybridized carbons (Fsp3) is 0.385. The second-order valence-corrected chi connectivity index (χ2v) is 8.08. The smallest absolute Gasteiger partial charge is 0.306 e. The number of anilines is 1. The predicted octanol–water partition coefficient (Wildman–Crippen LogP) is 4.00. The van der Waals surface area contributed by atoms with Crippen molar-refractivity contribution in [1.82, 2.24) is 4.90 Å². The maximum atomic E-state index is 12.5. The molecule has 0 aromatic heterocycles. The van der Waals surface area contributed by atoms with Crippen LogP contribution >= 0.6 is 0 Å². The summed E-state index contributed by atoms with van der Waals surface area (Å²) in [4.78, 5) is 50.8. The van der Waals surface area contributed by atoms with Crippen LogP contribution in [0.3, 0.4) is 0 Å². The maximum Gasteiger partial charge on any atom is 0.306 e. The lowest BCUT2D eigenvalue weighted by Crippen LogP contribution is -2.40. The molecule has 2 aromatic carbocycles. The normalized spacial score (nSPS) is 10.4. The molecule has 0 spiro atoms. The number of rotatable bonds is 11. The van der Waals surface area contributed by atoms with E-state index in [-0.39, 0.29) is 31.1 Å². The van der Waals surface area contributed by atoms with Gasteiger partial charge in [-0.25, -0.2) is 0 Å². The number of aryl methyl sites for hydroxylation is 3. The molecule has 0 unspecified atom stereocenters. The van der Waals surface area contributed by atoms with Gasteiger partial charge in [-0.15, -0.1) is 0 Å². The van der Waals surface area contributed by atoms with Gasteiger partial charge in [-0.1, -0.05) is 42.8 Å². The quantitative estimate of drug-likeness (QED) is 0.411. The number of ether oxygens (including phenoxy) is 1. The summed E-state index contributed by atoms with van der Waals surface area (Å²) in [7, 11) is 0. The SMILES string of the molecule is CCCN(CC(=O)Nc1ccccc1C)C(=O)COC(=O)CCC(=O)c1cc(C)ccc1C. The van der Waals surface area contributed by atoms with Crippen LogP contribution in [-0.2, 0) is 19.1 Å². The third-order valence-electron chi connectivity index (χ3n) is 5.21. The van der Waals surface area contributed by atoms with Crippen molar-refractivity contribution in [3.05, 3.63) is 64.7 Å². The van der Waals surface area contributed by atoms with Crippen LogP contribution < -0.4 is 5.32 Å². The van der Waals surface area contributed by atoms with Crippen molar-refractivity contribution in [2.45, 2.75) is 47.0 Å². The molecule has 0 saturated carbocycles. The minimum atomic E-state index is -0.622. The molecule has 1 N–H and O–H groups in total. The van der Waals surface area contributed by atoms with Crippen molar-refractivity contribution in [3.63, 3.8) is 0 Å². The van der Waals surface area contributed by atoms with Gasteiger partial charge in [0.25, 0.3) is 5.91 Å². The van der Waals surface area contributed by atoms with E-state index in [1.807, 2.05) is 58.0 Å². The Morgan fingerprint density at radius 3 is 2.36 bits per heavy atom. The second-order valence-electron chi connectivity index (χ2n) is 8.08. The Labute approximate surface area is 195 Å². The molecule has 7 nitrogen and oxygen atoms in total. The monoisotopic (exact) mass is 452 g/mol. The minimum absolute atomic E-state index is 0.00875. The molecule has 0 saturated heterocycles. The minimum Gasteiger partial charge on any atom is -0.456 e. The summed E-state index contributed by atoms with van der Waals surface area (Å²) in [5.74, 6) is -1.54. The summed E-state index contributed by atoms with van der Waals surface area (Å²) in [6, 6.07) is 13.0. The second kappa shape index (κ2) is 12.5. The fourth-order valence-electron chi connectivity index (χ4n) is 3.33. The highest BCUT2D eigenvalue weighted by atomic mass is 16.5. The van der Waals surface area contributed by atoms with E-state index in [9.17, 15) is 19.2 Å². The summed E-state index contributed by atoms with van der Waals surface area (Å²) < 4.78 is 5.08. The molecule has 0 radical (unpaired) electrons. The number of para-hydroxylation sites is 1. The van der Waals surface area contributed by atoms with E-state index in [1.165, 1.54) is 4.90 Å². The Bertz CT molecular complexity index is 1020. The number of Topliss-reactive ketones (excluding diaryl/α,β-unsaturated/α-hetero) is 1. The van der Waals surface area contributed by atoms with Crippen LogP contribution in [0.4, 0.5) is 5.69 Å². The van der Waals surface area contributed by atoms with Crippen LogP contribution in [-0.4, -0.2) is 48.2 Å². The number of hydrogen-bond acceptors (Lipinski definition) is 5. The average molecular weight is 453 g/mol. The molecule has 0 heterocycles. The average Bonchev–Trinajstić information content (AvgIpc) is 2.78. The molecule has 0 bridgehead atoms. The number of amides is 2. The lowest BCUT2D eigenvalue weighted by molar-refractivity contribution is -0.152. The molecular formula is C26H32N2O5. The molecule has 7 heteroatoms. The number of esters is 1. The number of nitrogens with zero attached hydrogens (tertiary/aromatic N) is 1. The van der Waals surface area contributed by atoms with Gasteiger partial charge in [0.15, 0.2) is 12.4 Å². The van der Waals surface area contributed by atoms with E-state index in [0.29, 0.717) is 24.2 Å². The van der Waals surface area contributed by atoms with Crippen molar-refractivity contribution in [2.24, 2.45) is 0 Å². The van der Waals surface area contributed by atoms with Gasteiger partial charge in [0, 0.05) is 24.2 Å². The highest BCUT2D eigenvalue weighted by molar-refractivity contribution is 5.99. The molecule has 0 aliphatic rings. The summed E-state index contributed by atoms with van der Waals surface area (Å²) >= 11 is 0. The zero-order valence-corrected chi connectivity index (χ0v) is 19.8. The van der Waals surface area contributed by atoms with Gasteiger partial charge < -0.3 is 15.0 Å². The van der Waals surface area contributed by atoms with Crippen LogP contribution in [0.5, 0.6) is 0 Å². The van der Waals surface area contributed by atoms with E-state index in [1.54, 1.807) is 12.1 Å². The number of benzene rings is 2. The van der Waals surface area contributed by atoms with Gasteiger partial charge in [0.1, 0.15) is 0 Å². The summed E-state index contributed by atoms with van der Waals surface area (Å²) in [6.07, 6.45) is 0.553. The summed E-state index contributed by atoms with van der Waals surface area (Å²) in [6.45, 7) is 7.29. The first-order valence-corrected chi connectivity index (χ1v) is 11.1. The zero-order valence-electron chi connectivity index (χ0n) is 19.8. The first-order chi connectivity index (χ1) is 15.7. The van der Waals surface area contributed by atoms with E-state index < -0.39 is 18.5 Å². The molecule has 2 rings (SSSR count). The van der Waals surface area contributed by atoms with Gasteiger partial charge in [-0.2, -0.15) is 0 Å². The van der Waals surface area contributed by atoms with Gasteiger partial charge in [0.2, 0.25) is 5.91 Å². The van der Waals surface area contributed by atoms with Crippen molar-refractivity contribution in [2.75, 3.05) is 25.0 Å². The lowest BCUT2D eigenvalue weighted by Gasteiger charge is -2.21. The van der Waals surface area contributed by atoms with Crippen molar-refractivity contribution in [3.8, 4) is 0 Å². The van der Waals surface area contributed by atoms with Crippen LogP contribution in [0.2, 0.25) is 0 Å². The standard InChI is InChI=1S/C26H32N2O5/c1-5-14-28(16-24(30)27-22-9-7-6-8-20(22)4)25(31)17-33-26(32)13-12-23(29)21-15-18(2)10-11-19(21)3/h6-11,15H,5,12-14,16-17H2,1-4H3,(H,27,30). The molecule has 33 heavy (non-hydrogen) atoms. The van der Waals surface area contributed by atoms with Gasteiger partial charge in [-0.3, -0.25) is 19.2 Å². The molecule has 2 amide bonds. The summed E-state index contributed by atoms with van der Waals surface area (Å²) in [5, 5.41) is 2.80. The van der Waals surface area contributed by atoms with Crippen LogP contribution in [0.25, 0.3) is 0 Å². The molecule has 176 valence electrons. The van der Waals surface area contributed by atoms with E-state index in [4.69, 9.17) is 4.74 Å². The van der Waals surface area contributed by atoms with Crippen molar-refractivity contribution in [1.29, 1.82) is 0 Å². The highest BCUT2D eigenvalue weighted by Gasteiger charge is 2.19. The Morgan fingerprint density at radius 1 is 0.939 bits per heavy atom. The zero-order chi connectivity index (χ0) is 24.4. The van der Waals surface area contributed by atoms with Gasteiger partial charge >= 0.3 is 5.97 Å². The summed E-state index contributed by atoms with van der Waals surface area (Å²) in [5.41, 5.74) is 4.02. The number of ketones is 1. The van der Waals surface area contributed by atoms with Crippen molar-refractivity contribution < 1.29 is 23.9 Å². The number of hydrogen-bond donors (Lipinski definition) is 1. The predicted molar refractivity (Wildman–Crippen MR) is 127 cm³/mol. The Hall–Kier alpha value is -3.48. The van der Waals surface area contributed by atoms with Crippen LogP contribution in [0.15, 0.2) is 42.5 Å². The molecule has 0 aliphatic heterocycles. The first-order valence-electron chi connectivity index (χ1n) is 11.1. The van der Waals surface area contributed by atoms with E-state index in [2.05, 4.69) is 5.32 Å². The van der Waals surface area contributed by atoms with Gasteiger partial charge in [-0.05, 0) is 50.5 Å². The maximum absolute atomic E-state index is 12.5. The largest absolute Gasteiger partial charge is 0.456 e. The number of nitrogens with one attached hydrogen (secondary N) is 1. The van der Waals surface area contributed by atoms with Crippen molar-refractivity contribution >= 4 is 29.3 Å². The van der Waals surface area contributed by atoms with Crippen LogP contribution in [0, 0.1) is 20.8 Å². The van der Waals surface area contributed by atoms with Crippen LogP contribution in [0.1, 0.15) is 53.2 Å². The molecular weight excluding hydrogens is 420 g/mol. The molecule has 0 aliphatic carbocycles. The Morgan fingerprint density at radius 2 is 1.67 bits per heavy atom. The topological polar surface area (TPSA) is 92.8 Å². The van der Waals surface area contributed by atoms with E-state index in [0.717, 1.165) is 16.7 Å². The first kappa shape index (κ1) is 25.8. The fourth-order valence-corrected chi connectivity index (χ4v) is 3.33. The number of carbonyl (C=O) groups excluding carboxylic acids is 4. The third-order valence-corrected chi connectivity index (χ3v) is 5.21. The third kappa shape index (κ3) is 8.18.